The van der Waals surface area contributed by atoms with Gasteiger partial charge in [0.1, 0.15) is 23.2 Å². The number of anilines is 2. The molecule has 3 rings (SSSR count). The third-order valence-corrected chi connectivity index (χ3v) is 5.57. The van der Waals surface area contributed by atoms with Crippen LogP contribution in [0.4, 0.5) is 11.8 Å². The molecule has 1 saturated carbocycles. The number of nitriles is 1. The summed E-state index contributed by atoms with van der Waals surface area (Å²) in [6.45, 7) is 4.83. The van der Waals surface area contributed by atoms with Crippen molar-refractivity contribution in [3.8, 4) is 11.8 Å². The van der Waals surface area contributed by atoms with Gasteiger partial charge in [-0.3, -0.25) is 0 Å². The average Bonchev–Trinajstić information content (AvgIpc) is 2.71. The third-order valence-electron chi connectivity index (χ3n) is 5.57. The maximum absolute atomic E-state index is 10.2. The molecule has 0 radical (unpaired) electrons. The van der Waals surface area contributed by atoms with E-state index in [2.05, 4.69) is 40.5 Å². The van der Waals surface area contributed by atoms with Crippen molar-refractivity contribution >= 4 is 11.8 Å². The molecule has 2 atom stereocenters. The maximum Gasteiger partial charge on any atom is 0.224 e. The zero-order valence-corrected chi connectivity index (χ0v) is 17.3. The molecule has 0 bridgehead atoms. The van der Waals surface area contributed by atoms with Crippen molar-refractivity contribution in [1.82, 2.24) is 9.97 Å². The van der Waals surface area contributed by atoms with Crippen molar-refractivity contribution in [2.45, 2.75) is 51.7 Å². The number of nitrogens with one attached hydrogen (secondary N) is 2. The molecule has 0 amide bonds. The molecule has 1 aromatic carbocycles. The van der Waals surface area contributed by atoms with Crippen molar-refractivity contribution in [2.24, 2.45) is 5.41 Å². The predicted molar refractivity (Wildman–Crippen MR) is 113 cm³/mol. The number of nitrogens with zero attached hydrogens (tertiary/aromatic N) is 3. The van der Waals surface area contributed by atoms with E-state index in [1.807, 2.05) is 24.3 Å². The van der Waals surface area contributed by atoms with E-state index >= 15 is 0 Å². The Balaban J connectivity index is 1.61. The highest BCUT2D eigenvalue weighted by Gasteiger charge is 2.35. The molecule has 1 heterocycles. The number of rotatable bonds is 7. The van der Waals surface area contributed by atoms with Crippen molar-refractivity contribution < 1.29 is 9.84 Å². The van der Waals surface area contributed by atoms with Gasteiger partial charge in [-0.1, -0.05) is 26.0 Å². The van der Waals surface area contributed by atoms with Crippen LogP contribution in [0.3, 0.4) is 0 Å². The van der Waals surface area contributed by atoms with E-state index in [0.717, 1.165) is 31.4 Å². The summed E-state index contributed by atoms with van der Waals surface area (Å²) in [7, 11) is 1.65. The molecule has 1 aliphatic carbocycles. The van der Waals surface area contributed by atoms with Crippen LogP contribution < -0.4 is 15.4 Å². The van der Waals surface area contributed by atoms with Gasteiger partial charge >= 0.3 is 0 Å². The van der Waals surface area contributed by atoms with Crippen LogP contribution in [0.25, 0.3) is 0 Å². The molecule has 7 heteroatoms. The third kappa shape index (κ3) is 5.36. The lowest BCUT2D eigenvalue weighted by atomic mass is 9.73. The van der Waals surface area contributed by atoms with Gasteiger partial charge < -0.3 is 20.5 Å². The van der Waals surface area contributed by atoms with Gasteiger partial charge in [0.2, 0.25) is 5.95 Å². The second-order valence-corrected chi connectivity index (χ2v) is 8.22. The number of methoxy groups -OCH3 is 1. The SMILES string of the molecule is COc1ccc(CCNc2ncc(C#N)c(N[C@@H]3CC[C@H](O)C(C)(C)C3)n2)cc1. The molecule has 0 spiro atoms. The molecule has 1 aromatic heterocycles. The number of benzene rings is 1. The van der Waals surface area contributed by atoms with Gasteiger partial charge in [-0.25, -0.2) is 4.98 Å². The van der Waals surface area contributed by atoms with Gasteiger partial charge in [0.05, 0.1) is 19.4 Å². The van der Waals surface area contributed by atoms with E-state index in [9.17, 15) is 10.4 Å². The molecule has 2 aromatic rings. The lowest BCUT2D eigenvalue weighted by Gasteiger charge is -2.40. The summed E-state index contributed by atoms with van der Waals surface area (Å²) in [5, 5.41) is 26.2. The minimum atomic E-state index is -0.295. The number of aliphatic hydroxyl groups is 1. The van der Waals surface area contributed by atoms with Crippen LogP contribution in [0.15, 0.2) is 30.5 Å². The molecule has 154 valence electrons. The van der Waals surface area contributed by atoms with Crippen molar-refractivity contribution in [2.75, 3.05) is 24.3 Å². The Labute approximate surface area is 172 Å². The van der Waals surface area contributed by atoms with Crippen LogP contribution in [0.1, 0.15) is 44.2 Å². The highest BCUT2D eigenvalue weighted by Crippen LogP contribution is 2.36. The molecule has 7 nitrogen and oxygen atoms in total. The fraction of sp³-hybridized carbons (Fsp3) is 0.500. The molecular weight excluding hydrogens is 366 g/mol. The Morgan fingerprint density at radius 3 is 2.69 bits per heavy atom. The molecule has 0 unspecified atom stereocenters. The van der Waals surface area contributed by atoms with E-state index in [-0.39, 0.29) is 17.6 Å². The first kappa shape index (κ1) is 20.9. The minimum absolute atomic E-state index is 0.158. The smallest absolute Gasteiger partial charge is 0.224 e. The predicted octanol–water partition coefficient (Wildman–Crippen LogP) is 3.36. The Kier molecular flexibility index (Phi) is 6.55. The first-order valence-corrected chi connectivity index (χ1v) is 10.00. The van der Waals surface area contributed by atoms with E-state index in [4.69, 9.17) is 4.74 Å². The lowest BCUT2D eigenvalue weighted by Crippen LogP contribution is -2.41. The molecule has 1 aliphatic rings. The zero-order chi connectivity index (χ0) is 20.9. The Hall–Kier alpha value is -2.85. The maximum atomic E-state index is 10.2. The summed E-state index contributed by atoms with van der Waals surface area (Å²) >= 11 is 0. The summed E-state index contributed by atoms with van der Waals surface area (Å²) in [6, 6.07) is 10.3. The molecular formula is C22H29N5O2. The second-order valence-electron chi connectivity index (χ2n) is 8.22. The fourth-order valence-electron chi connectivity index (χ4n) is 3.71. The van der Waals surface area contributed by atoms with Gasteiger partial charge in [0, 0.05) is 12.6 Å². The largest absolute Gasteiger partial charge is 0.497 e. The normalized spacial score (nSPS) is 20.5. The molecule has 0 saturated heterocycles. The zero-order valence-electron chi connectivity index (χ0n) is 17.3. The monoisotopic (exact) mass is 395 g/mol. The summed E-state index contributed by atoms with van der Waals surface area (Å²) in [4.78, 5) is 8.78. The van der Waals surface area contributed by atoms with E-state index in [1.165, 1.54) is 5.56 Å². The van der Waals surface area contributed by atoms with Crippen LogP contribution >= 0.6 is 0 Å². The van der Waals surface area contributed by atoms with Crippen LogP contribution in [0.5, 0.6) is 5.75 Å². The van der Waals surface area contributed by atoms with Crippen LogP contribution in [-0.2, 0) is 6.42 Å². The van der Waals surface area contributed by atoms with Crippen LogP contribution in [0, 0.1) is 16.7 Å². The van der Waals surface area contributed by atoms with E-state index in [1.54, 1.807) is 13.3 Å². The van der Waals surface area contributed by atoms with E-state index in [0.29, 0.717) is 23.9 Å². The van der Waals surface area contributed by atoms with Gasteiger partial charge in [-0.15, -0.1) is 0 Å². The molecule has 1 fully saturated rings. The van der Waals surface area contributed by atoms with Crippen LogP contribution in [0.2, 0.25) is 0 Å². The highest BCUT2D eigenvalue weighted by atomic mass is 16.5. The number of ether oxygens (including phenoxy) is 1. The highest BCUT2D eigenvalue weighted by molar-refractivity contribution is 5.54. The summed E-state index contributed by atoms with van der Waals surface area (Å²) in [5.41, 5.74) is 1.46. The van der Waals surface area contributed by atoms with Crippen molar-refractivity contribution in [3.05, 3.63) is 41.6 Å². The van der Waals surface area contributed by atoms with Gasteiger partial charge in [0.25, 0.3) is 0 Å². The number of hydrogen-bond donors (Lipinski definition) is 3. The van der Waals surface area contributed by atoms with Crippen molar-refractivity contribution in [1.29, 1.82) is 5.26 Å². The number of aliphatic hydroxyl groups excluding tert-OH is 1. The molecule has 0 aliphatic heterocycles. The van der Waals surface area contributed by atoms with Crippen LogP contribution in [-0.4, -0.2) is 40.9 Å². The summed E-state index contributed by atoms with van der Waals surface area (Å²) < 4.78 is 5.18. The molecule has 29 heavy (non-hydrogen) atoms. The summed E-state index contributed by atoms with van der Waals surface area (Å²) in [5.74, 6) is 1.88. The first-order valence-electron chi connectivity index (χ1n) is 10.00. The second kappa shape index (κ2) is 9.10. The first-order chi connectivity index (χ1) is 13.9. The van der Waals surface area contributed by atoms with Gasteiger partial charge in [0.15, 0.2) is 0 Å². The average molecular weight is 396 g/mol. The summed E-state index contributed by atoms with van der Waals surface area (Å²) in [6.07, 6.45) is 4.49. The standard InChI is InChI=1S/C22H29N5O2/c1-22(2)12-17(6-9-19(22)28)26-20-16(13-23)14-25-21(27-20)24-11-10-15-4-7-18(29-3)8-5-15/h4-5,7-8,14,17,19,28H,6,9-12H2,1-3H3,(H2,24,25,26,27)/t17-,19+/m1/s1. The number of aromatic nitrogens is 2. The fourth-order valence-corrected chi connectivity index (χ4v) is 3.71. The Morgan fingerprint density at radius 1 is 1.28 bits per heavy atom. The quantitative estimate of drug-likeness (QED) is 0.660. The van der Waals surface area contributed by atoms with Gasteiger partial charge in [-0.05, 0) is 48.8 Å². The van der Waals surface area contributed by atoms with E-state index < -0.39 is 0 Å². The minimum Gasteiger partial charge on any atom is -0.497 e. The van der Waals surface area contributed by atoms with Gasteiger partial charge in [-0.2, -0.15) is 10.2 Å². The lowest BCUT2D eigenvalue weighted by molar-refractivity contribution is 0.00926. The Bertz CT molecular complexity index is 860. The number of hydrogen-bond acceptors (Lipinski definition) is 7. The van der Waals surface area contributed by atoms with Crippen molar-refractivity contribution in [3.63, 3.8) is 0 Å². The Morgan fingerprint density at radius 2 is 2.03 bits per heavy atom. The molecule has 3 N–H and O–H groups in total. The topological polar surface area (TPSA) is 103 Å².